The van der Waals surface area contributed by atoms with E-state index in [-0.39, 0.29) is 23.9 Å². The Balaban J connectivity index is 2.30. The van der Waals surface area contributed by atoms with Gasteiger partial charge in [-0.25, -0.2) is 8.60 Å². The van der Waals surface area contributed by atoms with Crippen molar-refractivity contribution >= 4 is 17.4 Å². The second-order valence-electron chi connectivity index (χ2n) is 4.72. The van der Waals surface area contributed by atoms with Crippen LogP contribution in [0.15, 0.2) is 48.5 Å². The molecule has 0 saturated heterocycles. The maximum absolute atomic E-state index is 13.3. The van der Waals surface area contributed by atoms with Crippen LogP contribution in [0, 0.1) is 5.82 Å². The molecule has 0 aliphatic rings. The van der Waals surface area contributed by atoms with Gasteiger partial charge in [0.15, 0.2) is 11.1 Å². The second-order valence-corrected chi connectivity index (χ2v) is 5.65. The molecule has 0 aliphatic heterocycles. The number of carbonyl (C=O) groups is 1. The van der Waals surface area contributed by atoms with E-state index in [2.05, 4.69) is 0 Å². The lowest BCUT2D eigenvalue weighted by molar-refractivity contribution is -0.108. The quantitative estimate of drug-likeness (QED) is 0.658. The molecule has 0 aromatic heterocycles. The average molecular weight is 306 g/mol. The lowest BCUT2D eigenvalue weighted by Crippen LogP contribution is -2.03. The van der Waals surface area contributed by atoms with Gasteiger partial charge >= 0.3 is 0 Å². The highest BCUT2D eigenvalue weighted by molar-refractivity contribution is 7.78. The molecule has 0 spiro atoms. The molecule has 1 N–H and O–H groups in total. The lowest BCUT2D eigenvalue weighted by Gasteiger charge is -2.16. The molecule has 2 aromatic carbocycles. The summed E-state index contributed by atoms with van der Waals surface area (Å²) in [5, 5.41) is 0. The maximum Gasteiger partial charge on any atom is 0.157 e. The smallest absolute Gasteiger partial charge is 0.157 e. The molecule has 2 rings (SSSR count). The van der Waals surface area contributed by atoms with Gasteiger partial charge in [-0.15, -0.1) is 0 Å². The third kappa shape index (κ3) is 4.31. The van der Waals surface area contributed by atoms with E-state index in [9.17, 15) is 13.4 Å². The van der Waals surface area contributed by atoms with Crippen LogP contribution in [0.2, 0.25) is 0 Å². The Labute approximate surface area is 125 Å². The molecular weight excluding hydrogens is 291 g/mol. The molecule has 5 heteroatoms. The molecule has 0 amide bonds. The number of rotatable bonds is 6. The van der Waals surface area contributed by atoms with E-state index >= 15 is 0 Å². The molecule has 2 aromatic rings. The van der Waals surface area contributed by atoms with Crippen LogP contribution in [0.3, 0.4) is 0 Å². The maximum atomic E-state index is 13.3. The van der Waals surface area contributed by atoms with E-state index in [0.717, 1.165) is 23.0 Å². The van der Waals surface area contributed by atoms with Gasteiger partial charge < -0.3 is 9.35 Å². The minimum absolute atomic E-state index is 0.0680. The van der Waals surface area contributed by atoms with Gasteiger partial charge in [-0.05, 0) is 28.8 Å². The molecule has 21 heavy (non-hydrogen) atoms. The van der Waals surface area contributed by atoms with Crippen LogP contribution >= 0.6 is 0 Å². The van der Waals surface area contributed by atoms with Crippen molar-refractivity contribution in [1.29, 1.82) is 0 Å². The van der Waals surface area contributed by atoms with Gasteiger partial charge in [-0.3, -0.25) is 0 Å². The zero-order chi connectivity index (χ0) is 15.2. The Bertz CT molecular complexity index is 640. The fourth-order valence-corrected chi connectivity index (χ4v) is 2.75. The van der Waals surface area contributed by atoms with Crippen molar-refractivity contribution in [3.8, 4) is 0 Å². The highest BCUT2D eigenvalue weighted by atomic mass is 32.2. The van der Waals surface area contributed by atoms with Crippen LogP contribution in [-0.2, 0) is 21.6 Å². The third-order valence-electron chi connectivity index (χ3n) is 3.26. The SMILES string of the molecule is O=CC[C@H](c1ccc(CS(=O)O)cc1)c1cccc(F)c1. The molecule has 2 atom stereocenters. The van der Waals surface area contributed by atoms with Gasteiger partial charge in [0.1, 0.15) is 12.1 Å². The number of hydrogen-bond donors (Lipinski definition) is 1. The monoisotopic (exact) mass is 306 g/mol. The predicted octanol–water partition coefficient (Wildman–Crippen LogP) is 3.27. The summed E-state index contributed by atoms with van der Waals surface area (Å²) >= 11 is -1.88. The van der Waals surface area contributed by atoms with Crippen molar-refractivity contribution in [3.05, 3.63) is 71.0 Å². The molecule has 0 saturated carbocycles. The summed E-state index contributed by atoms with van der Waals surface area (Å²) in [6, 6.07) is 13.3. The van der Waals surface area contributed by atoms with E-state index in [1.165, 1.54) is 12.1 Å². The van der Waals surface area contributed by atoms with Crippen molar-refractivity contribution < 1.29 is 17.9 Å². The molecule has 0 heterocycles. The van der Waals surface area contributed by atoms with E-state index in [0.29, 0.717) is 0 Å². The third-order valence-corrected chi connectivity index (χ3v) is 3.84. The first-order chi connectivity index (χ1) is 10.1. The van der Waals surface area contributed by atoms with Crippen molar-refractivity contribution in [2.75, 3.05) is 0 Å². The summed E-state index contributed by atoms with van der Waals surface area (Å²) in [7, 11) is 0. The average Bonchev–Trinajstić information content (AvgIpc) is 2.45. The second kappa shape index (κ2) is 7.24. The van der Waals surface area contributed by atoms with Gasteiger partial charge in [0.2, 0.25) is 0 Å². The van der Waals surface area contributed by atoms with Crippen molar-refractivity contribution in [2.24, 2.45) is 0 Å². The minimum Gasteiger partial charge on any atom is -0.306 e. The lowest BCUT2D eigenvalue weighted by atomic mass is 9.88. The topological polar surface area (TPSA) is 54.4 Å². The summed E-state index contributed by atoms with van der Waals surface area (Å²) < 4.78 is 33.0. The number of carbonyl (C=O) groups excluding carboxylic acids is 1. The largest absolute Gasteiger partial charge is 0.306 e. The fourth-order valence-electron chi connectivity index (χ4n) is 2.27. The van der Waals surface area contributed by atoms with Crippen LogP contribution in [0.5, 0.6) is 0 Å². The zero-order valence-corrected chi connectivity index (χ0v) is 12.1. The predicted molar refractivity (Wildman–Crippen MR) is 79.8 cm³/mol. The molecule has 0 bridgehead atoms. The molecule has 110 valence electrons. The Morgan fingerprint density at radius 1 is 1.14 bits per heavy atom. The molecule has 0 radical (unpaired) electrons. The summed E-state index contributed by atoms with van der Waals surface area (Å²) in [6.45, 7) is 0. The Morgan fingerprint density at radius 2 is 1.86 bits per heavy atom. The number of aldehydes is 1. The highest BCUT2D eigenvalue weighted by Gasteiger charge is 2.14. The van der Waals surface area contributed by atoms with Gasteiger partial charge in [-0.1, -0.05) is 36.4 Å². The first-order valence-electron chi connectivity index (χ1n) is 6.45. The summed E-state index contributed by atoms with van der Waals surface area (Å²) in [5.74, 6) is -0.485. The van der Waals surface area contributed by atoms with Crippen LogP contribution < -0.4 is 0 Å². The van der Waals surface area contributed by atoms with Gasteiger partial charge in [-0.2, -0.15) is 0 Å². The fraction of sp³-hybridized carbons (Fsp3) is 0.188. The summed E-state index contributed by atoms with van der Waals surface area (Å²) in [4.78, 5) is 10.9. The van der Waals surface area contributed by atoms with Crippen LogP contribution in [0.25, 0.3) is 0 Å². The first-order valence-corrected chi connectivity index (χ1v) is 7.73. The molecule has 1 unspecified atom stereocenters. The number of benzene rings is 2. The first kappa shape index (κ1) is 15.5. The Hall–Kier alpha value is -1.85. The van der Waals surface area contributed by atoms with Gasteiger partial charge in [0.05, 0.1) is 5.75 Å². The minimum atomic E-state index is -1.88. The van der Waals surface area contributed by atoms with Crippen LogP contribution in [-0.4, -0.2) is 15.0 Å². The Kier molecular flexibility index (Phi) is 5.36. The highest BCUT2D eigenvalue weighted by Crippen LogP contribution is 2.28. The molecule has 0 aliphatic carbocycles. The number of halogens is 1. The van der Waals surface area contributed by atoms with E-state index in [1.54, 1.807) is 36.4 Å². The van der Waals surface area contributed by atoms with Gasteiger partial charge in [0, 0.05) is 12.3 Å². The standard InChI is InChI=1S/C16H15FO3S/c17-15-3-1-2-14(10-15)16(8-9-18)13-6-4-12(5-7-13)11-21(19)20/h1-7,9-10,16H,8,11H2,(H,19,20)/t16-/m1/s1. The van der Waals surface area contributed by atoms with Gasteiger partial charge in [0.25, 0.3) is 0 Å². The zero-order valence-electron chi connectivity index (χ0n) is 11.2. The van der Waals surface area contributed by atoms with E-state index < -0.39 is 11.1 Å². The van der Waals surface area contributed by atoms with Crippen molar-refractivity contribution in [3.63, 3.8) is 0 Å². The van der Waals surface area contributed by atoms with Crippen LogP contribution in [0.1, 0.15) is 29.0 Å². The molecular formula is C16H15FO3S. The molecule has 0 fully saturated rings. The molecule has 3 nitrogen and oxygen atoms in total. The van der Waals surface area contributed by atoms with Crippen molar-refractivity contribution in [2.45, 2.75) is 18.1 Å². The summed E-state index contributed by atoms with van der Waals surface area (Å²) in [6.07, 6.45) is 1.07. The van der Waals surface area contributed by atoms with E-state index in [1.807, 2.05) is 0 Å². The summed E-state index contributed by atoms with van der Waals surface area (Å²) in [5.41, 5.74) is 2.35. The number of hydrogen-bond acceptors (Lipinski definition) is 2. The normalized spacial score (nSPS) is 13.6. The van der Waals surface area contributed by atoms with E-state index in [4.69, 9.17) is 4.55 Å². The van der Waals surface area contributed by atoms with Crippen LogP contribution in [0.4, 0.5) is 4.39 Å². The Morgan fingerprint density at radius 3 is 2.43 bits per heavy atom. The van der Waals surface area contributed by atoms with Crippen molar-refractivity contribution in [1.82, 2.24) is 0 Å².